The number of nitrogen functional groups attached to an aromatic ring is 1. The predicted octanol–water partition coefficient (Wildman–Crippen LogP) is -0.370. The summed E-state index contributed by atoms with van der Waals surface area (Å²) in [5, 5.41) is 19.5. The fraction of sp³-hybridized carbons (Fsp3) is 0.455. The molecule has 0 spiro atoms. The van der Waals surface area contributed by atoms with Crippen LogP contribution in [-0.4, -0.2) is 41.5 Å². The van der Waals surface area contributed by atoms with E-state index in [0.717, 1.165) is 0 Å². The van der Waals surface area contributed by atoms with Gasteiger partial charge in [-0.05, 0) is 12.1 Å². The van der Waals surface area contributed by atoms with Gasteiger partial charge in [-0.25, -0.2) is 4.98 Å². The van der Waals surface area contributed by atoms with E-state index in [0.29, 0.717) is 5.69 Å². The van der Waals surface area contributed by atoms with Gasteiger partial charge < -0.3 is 25.4 Å². The molecule has 0 aliphatic carbocycles. The minimum atomic E-state index is -1.32. The van der Waals surface area contributed by atoms with E-state index in [-0.39, 0.29) is 18.0 Å². The van der Waals surface area contributed by atoms with Crippen molar-refractivity contribution in [1.29, 1.82) is 0 Å². The van der Waals surface area contributed by atoms with Gasteiger partial charge in [-0.3, -0.25) is 4.79 Å². The third-order valence-corrected chi connectivity index (χ3v) is 2.38. The van der Waals surface area contributed by atoms with E-state index < -0.39 is 18.2 Å². The van der Waals surface area contributed by atoms with Crippen molar-refractivity contribution >= 4 is 11.7 Å². The Hall–Kier alpha value is -1.86. The first kappa shape index (κ1) is 14.2. The Morgan fingerprint density at radius 3 is 2.67 bits per heavy atom. The van der Waals surface area contributed by atoms with Gasteiger partial charge in [0, 0.05) is 0 Å². The molecule has 0 amide bonds. The number of anilines is 1. The number of aliphatic hydroxyl groups excluding tert-OH is 2. The molecule has 0 aliphatic rings. The zero-order valence-corrected chi connectivity index (χ0v) is 10.2. The van der Waals surface area contributed by atoms with Crippen LogP contribution in [0.15, 0.2) is 12.1 Å². The third kappa shape index (κ3) is 3.31. The van der Waals surface area contributed by atoms with Gasteiger partial charge in [0.15, 0.2) is 0 Å². The number of pyridine rings is 1. The van der Waals surface area contributed by atoms with Crippen molar-refractivity contribution in [2.75, 3.05) is 20.0 Å². The van der Waals surface area contributed by atoms with Crippen LogP contribution in [0.5, 0.6) is 5.88 Å². The molecular formula is C11H16N2O5. The molecule has 2 atom stereocenters. The van der Waals surface area contributed by atoms with Crippen molar-refractivity contribution in [1.82, 2.24) is 4.98 Å². The molecule has 0 aliphatic heterocycles. The molecular weight excluding hydrogens is 240 g/mol. The molecule has 0 bridgehead atoms. The SMILES string of the molecule is COC(=O)CC(O)C(O)c1ccc(N)c(OC)n1. The summed E-state index contributed by atoms with van der Waals surface area (Å²) in [6.07, 6.45) is -2.96. The fourth-order valence-corrected chi connectivity index (χ4v) is 1.36. The molecule has 0 aromatic carbocycles. The van der Waals surface area contributed by atoms with Crippen molar-refractivity contribution in [2.45, 2.75) is 18.6 Å². The van der Waals surface area contributed by atoms with Gasteiger partial charge in [0.2, 0.25) is 5.88 Å². The molecule has 0 fully saturated rings. The number of nitrogens with two attached hydrogens (primary N) is 1. The van der Waals surface area contributed by atoms with Crippen LogP contribution in [-0.2, 0) is 9.53 Å². The lowest BCUT2D eigenvalue weighted by Crippen LogP contribution is -2.23. The number of carbonyl (C=O) groups is 1. The second-order valence-corrected chi connectivity index (χ2v) is 3.63. The summed E-state index contributed by atoms with van der Waals surface area (Å²) in [5.74, 6) is -0.472. The van der Waals surface area contributed by atoms with Gasteiger partial charge >= 0.3 is 5.97 Å². The zero-order valence-electron chi connectivity index (χ0n) is 10.2. The second kappa shape index (κ2) is 6.18. The van der Waals surface area contributed by atoms with Crippen LogP contribution in [0.3, 0.4) is 0 Å². The van der Waals surface area contributed by atoms with Gasteiger partial charge in [0.1, 0.15) is 6.10 Å². The largest absolute Gasteiger partial charge is 0.480 e. The van der Waals surface area contributed by atoms with E-state index >= 15 is 0 Å². The molecule has 18 heavy (non-hydrogen) atoms. The highest BCUT2D eigenvalue weighted by molar-refractivity contribution is 5.69. The number of methoxy groups -OCH3 is 2. The van der Waals surface area contributed by atoms with E-state index in [1.165, 1.54) is 26.4 Å². The number of ether oxygens (including phenoxy) is 2. The Morgan fingerprint density at radius 1 is 1.44 bits per heavy atom. The minimum Gasteiger partial charge on any atom is -0.480 e. The quantitative estimate of drug-likeness (QED) is 0.615. The first-order valence-electron chi connectivity index (χ1n) is 5.23. The van der Waals surface area contributed by atoms with E-state index in [4.69, 9.17) is 10.5 Å². The first-order valence-corrected chi connectivity index (χ1v) is 5.23. The maximum absolute atomic E-state index is 11.0. The Labute approximate surface area is 104 Å². The van der Waals surface area contributed by atoms with Crippen LogP contribution in [0.2, 0.25) is 0 Å². The van der Waals surface area contributed by atoms with E-state index in [1.54, 1.807) is 0 Å². The van der Waals surface area contributed by atoms with Crippen molar-refractivity contribution in [3.63, 3.8) is 0 Å². The monoisotopic (exact) mass is 256 g/mol. The average molecular weight is 256 g/mol. The standard InChI is InChI=1S/C11H16N2O5/c1-17-9(15)5-8(14)10(16)7-4-3-6(12)11(13-7)18-2/h3-4,8,10,14,16H,5,12H2,1-2H3. The minimum absolute atomic E-state index is 0.150. The van der Waals surface area contributed by atoms with Crippen LogP contribution in [0.25, 0.3) is 0 Å². The van der Waals surface area contributed by atoms with Gasteiger partial charge in [-0.2, -0.15) is 0 Å². The number of esters is 1. The van der Waals surface area contributed by atoms with Crippen LogP contribution in [0.1, 0.15) is 18.2 Å². The Morgan fingerprint density at radius 2 is 2.11 bits per heavy atom. The van der Waals surface area contributed by atoms with E-state index in [9.17, 15) is 15.0 Å². The highest BCUT2D eigenvalue weighted by Gasteiger charge is 2.23. The van der Waals surface area contributed by atoms with Crippen molar-refractivity contribution in [3.8, 4) is 5.88 Å². The molecule has 1 rings (SSSR count). The van der Waals surface area contributed by atoms with Crippen molar-refractivity contribution in [3.05, 3.63) is 17.8 Å². The zero-order chi connectivity index (χ0) is 13.7. The number of nitrogens with zero attached hydrogens (tertiary/aromatic N) is 1. The average Bonchev–Trinajstić information content (AvgIpc) is 2.38. The van der Waals surface area contributed by atoms with Gasteiger partial charge in [0.25, 0.3) is 0 Å². The highest BCUT2D eigenvalue weighted by Crippen LogP contribution is 2.24. The summed E-state index contributed by atoms with van der Waals surface area (Å²) in [6.45, 7) is 0. The second-order valence-electron chi connectivity index (χ2n) is 3.63. The lowest BCUT2D eigenvalue weighted by molar-refractivity contribution is -0.144. The Bertz CT molecular complexity index is 424. The number of hydrogen-bond acceptors (Lipinski definition) is 7. The summed E-state index contributed by atoms with van der Waals surface area (Å²) in [6, 6.07) is 2.94. The number of carbonyl (C=O) groups excluding carboxylic acids is 1. The lowest BCUT2D eigenvalue weighted by Gasteiger charge is -2.17. The lowest BCUT2D eigenvalue weighted by atomic mass is 10.1. The molecule has 0 saturated heterocycles. The molecule has 0 radical (unpaired) electrons. The fourth-order valence-electron chi connectivity index (χ4n) is 1.36. The number of aliphatic hydroxyl groups is 2. The molecule has 2 unspecified atom stereocenters. The molecule has 1 heterocycles. The third-order valence-electron chi connectivity index (χ3n) is 2.38. The van der Waals surface area contributed by atoms with Crippen LogP contribution < -0.4 is 10.5 Å². The first-order chi connectivity index (χ1) is 8.49. The normalized spacial score (nSPS) is 13.8. The van der Waals surface area contributed by atoms with Gasteiger partial charge in [-0.15, -0.1) is 0 Å². The van der Waals surface area contributed by atoms with Crippen molar-refractivity contribution in [2.24, 2.45) is 0 Å². The van der Waals surface area contributed by atoms with Gasteiger partial charge in [0.05, 0.1) is 38.1 Å². The summed E-state index contributed by atoms with van der Waals surface area (Å²) >= 11 is 0. The van der Waals surface area contributed by atoms with Crippen LogP contribution in [0, 0.1) is 0 Å². The molecule has 4 N–H and O–H groups in total. The summed E-state index contributed by atoms with van der Waals surface area (Å²) < 4.78 is 9.29. The topological polar surface area (TPSA) is 115 Å². The molecule has 7 heteroatoms. The molecule has 1 aromatic heterocycles. The maximum Gasteiger partial charge on any atom is 0.308 e. The van der Waals surface area contributed by atoms with E-state index in [2.05, 4.69) is 9.72 Å². The summed E-state index contributed by atoms with van der Waals surface area (Å²) in [4.78, 5) is 14.9. The molecule has 0 saturated carbocycles. The Kier molecular flexibility index (Phi) is 4.87. The number of hydrogen-bond donors (Lipinski definition) is 3. The van der Waals surface area contributed by atoms with Crippen molar-refractivity contribution < 1.29 is 24.5 Å². The number of aromatic nitrogens is 1. The predicted molar refractivity (Wildman–Crippen MR) is 62.8 cm³/mol. The molecule has 100 valence electrons. The summed E-state index contributed by atoms with van der Waals surface area (Å²) in [7, 11) is 2.59. The summed E-state index contributed by atoms with van der Waals surface area (Å²) in [5.41, 5.74) is 6.05. The maximum atomic E-state index is 11.0. The van der Waals surface area contributed by atoms with Crippen LogP contribution in [0.4, 0.5) is 5.69 Å². The van der Waals surface area contributed by atoms with E-state index in [1.807, 2.05) is 0 Å². The van der Waals surface area contributed by atoms with Gasteiger partial charge in [-0.1, -0.05) is 0 Å². The molecule has 7 nitrogen and oxygen atoms in total. The highest BCUT2D eigenvalue weighted by atomic mass is 16.5. The van der Waals surface area contributed by atoms with Crippen LogP contribution >= 0.6 is 0 Å². The number of rotatable bonds is 5. The molecule has 1 aromatic rings. The smallest absolute Gasteiger partial charge is 0.308 e. The Balaban J connectivity index is 2.83.